The average Bonchev–Trinajstić information content (AvgIpc) is 2.63. The summed E-state index contributed by atoms with van der Waals surface area (Å²) in [5.74, 6) is -3.23. The van der Waals surface area contributed by atoms with Crippen molar-refractivity contribution in [3.8, 4) is 0 Å². The van der Waals surface area contributed by atoms with Gasteiger partial charge in [-0.3, -0.25) is 9.59 Å². The van der Waals surface area contributed by atoms with Crippen molar-refractivity contribution in [2.45, 2.75) is 6.42 Å². The first kappa shape index (κ1) is 17.5. The van der Waals surface area contributed by atoms with Crippen LogP contribution in [0.2, 0.25) is 0 Å². The molecule has 132 valence electrons. The van der Waals surface area contributed by atoms with Crippen molar-refractivity contribution in [1.82, 2.24) is 0 Å². The Balaban J connectivity index is 1.59. The van der Waals surface area contributed by atoms with Crippen molar-refractivity contribution in [2.24, 2.45) is 0 Å². The van der Waals surface area contributed by atoms with Crippen molar-refractivity contribution in [2.75, 3.05) is 11.9 Å². The summed E-state index contributed by atoms with van der Waals surface area (Å²) < 4.78 is 31.9. The van der Waals surface area contributed by atoms with Crippen LogP contribution in [0.5, 0.6) is 0 Å². The number of carbonyl (C=O) groups is 2. The lowest BCUT2D eigenvalue weighted by Crippen LogP contribution is -2.22. The second-order valence-corrected chi connectivity index (χ2v) is 5.62. The number of nitrogens with one attached hydrogen (secondary N) is 1. The number of halogens is 2. The first-order valence-electron chi connectivity index (χ1n) is 7.91. The van der Waals surface area contributed by atoms with Crippen molar-refractivity contribution < 1.29 is 23.1 Å². The number of esters is 1. The minimum Gasteiger partial charge on any atom is -0.455 e. The number of anilines is 1. The molecule has 0 bridgehead atoms. The largest absolute Gasteiger partial charge is 0.455 e. The topological polar surface area (TPSA) is 55.4 Å². The Labute approximate surface area is 148 Å². The van der Waals surface area contributed by atoms with Gasteiger partial charge in [0.25, 0.3) is 5.91 Å². The second-order valence-electron chi connectivity index (χ2n) is 5.62. The number of fused-ring (bicyclic) bond motifs is 1. The lowest BCUT2D eigenvalue weighted by Gasteiger charge is -2.09. The van der Waals surface area contributed by atoms with E-state index in [0.29, 0.717) is 0 Å². The van der Waals surface area contributed by atoms with E-state index >= 15 is 0 Å². The number of hydrogen-bond acceptors (Lipinski definition) is 3. The molecule has 0 atom stereocenters. The molecule has 0 saturated carbocycles. The Kier molecular flexibility index (Phi) is 5.22. The molecule has 26 heavy (non-hydrogen) atoms. The molecule has 0 aromatic heterocycles. The fourth-order valence-corrected chi connectivity index (χ4v) is 2.59. The van der Waals surface area contributed by atoms with Gasteiger partial charge in [0.15, 0.2) is 6.61 Å². The van der Waals surface area contributed by atoms with Crippen LogP contribution in [0.4, 0.5) is 14.5 Å². The molecular weight excluding hydrogens is 340 g/mol. The summed E-state index contributed by atoms with van der Waals surface area (Å²) in [6.45, 7) is -0.628. The van der Waals surface area contributed by atoms with Gasteiger partial charge in [0.05, 0.1) is 6.42 Å². The van der Waals surface area contributed by atoms with Crippen LogP contribution < -0.4 is 5.32 Å². The summed E-state index contributed by atoms with van der Waals surface area (Å²) in [7, 11) is 0. The van der Waals surface area contributed by atoms with Crippen LogP contribution in [0.1, 0.15) is 5.56 Å². The summed E-state index contributed by atoms with van der Waals surface area (Å²) in [5, 5.41) is 3.97. The predicted octanol–water partition coefficient (Wildman–Crippen LogP) is 3.84. The highest BCUT2D eigenvalue weighted by Gasteiger charge is 2.14. The van der Waals surface area contributed by atoms with Crippen molar-refractivity contribution in [1.29, 1.82) is 0 Å². The van der Waals surface area contributed by atoms with E-state index in [1.807, 2.05) is 36.4 Å². The van der Waals surface area contributed by atoms with Crippen LogP contribution in [0, 0.1) is 11.6 Å². The Morgan fingerprint density at radius 3 is 2.31 bits per heavy atom. The SMILES string of the molecule is O=C(COC(=O)Cc1cccc2ccccc12)Nc1c(F)cccc1F. The van der Waals surface area contributed by atoms with Crippen LogP contribution in [0.3, 0.4) is 0 Å². The molecule has 3 aromatic carbocycles. The third-order valence-electron chi connectivity index (χ3n) is 3.81. The van der Waals surface area contributed by atoms with Gasteiger partial charge in [-0.1, -0.05) is 48.5 Å². The molecule has 1 amide bonds. The molecule has 6 heteroatoms. The number of hydrogen-bond donors (Lipinski definition) is 1. The molecule has 0 unspecified atom stereocenters. The van der Waals surface area contributed by atoms with Crippen molar-refractivity contribution in [3.05, 3.63) is 77.9 Å². The number of rotatable bonds is 5. The Morgan fingerprint density at radius 1 is 0.885 bits per heavy atom. The van der Waals surface area contributed by atoms with Crippen molar-refractivity contribution >= 4 is 28.3 Å². The minimum absolute atomic E-state index is 0.0112. The monoisotopic (exact) mass is 355 g/mol. The fraction of sp³-hybridized carbons (Fsp3) is 0.100. The fourth-order valence-electron chi connectivity index (χ4n) is 2.59. The lowest BCUT2D eigenvalue weighted by atomic mass is 10.0. The van der Waals surface area contributed by atoms with Crippen LogP contribution in [0.15, 0.2) is 60.7 Å². The van der Waals surface area contributed by atoms with Gasteiger partial charge in [-0.05, 0) is 28.5 Å². The zero-order valence-corrected chi connectivity index (χ0v) is 13.7. The Morgan fingerprint density at radius 2 is 1.54 bits per heavy atom. The molecule has 3 rings (SSSR count). The van der Waals surface area contributed by atoms with E-state index in [0.717, 1.165) is 28.5 Å². The maximum Gasteiger partial charge on any atom is 0.310 e. The highest BCUT2D eigenvalue weighted by atomic mass is 19.1. The third-order valence-corrected chi connectivity index (χ3v) is 3.81. The van der Waals surface area contributed by atoms with E-state index in [1.165, 1.54) is 6.07 Å². The Hall–Kier alpha value is -3.28. The van der Waals surface area contributed by atoms with Gasteiger partial charge in [0.2, 0.25) is 0 Å². The standard InChI is InChI=1S/C20H15F2NO3/c21-16-9-4-10-17(22)20(16)23-18(24)12-26-19(25)11-14-7-3-6-13-5-1-2-8-15(13)14/h1-10H,11-12H2,(H,23,24). The molecule has 0 aliphatic heterocycles. The second kappa shape index (κ2) is 7.74. The predicted molar refractivity (Wildman–Crippen MR) is 93.6 cm³/mol. The summed E-state index contributed by atoms with van der Waals surface area (Å²) >= 11 is 0. The lowest BCUT2D eigenvalue weighted by molar-refractivity contribution is -0.146. The molecule has 0 fully saturated rings. The van der Waals surface area contributed by atoms with Gasteiger partial charge < -0.3 is 10.1 Å². The van der Waals surface area contributed by atoms with Crippen LogP contribution >= 0.6 is 0 Å². The molecule has 0 aliphatic rings. The van der Waals surface area contributed by atoms with Crippen LogP contribution in [0.25, 0.3) is 10.8 Å². The number of ether oxygens (including phenoxy) is 1. The molecular formula is C20H15F2NO3. The zero-order valence-electron chi connectivity index (χ0n) is 13.7. The zero-order chi connectivity index (χ0) is 18.5. The molecule has 3 aromatic rings. The number of benzene rings is 3. The van der Waals surface area contributed by atoms with Crippen LogP contribution in [-0.4, -0.2) is 18.5 Å². The Bertz CT molecular complexity index is 947. The minimum atomic E-state index is -0.902. The molecule has 1 N–H and O–H groups in total. The first-order chi connectivity index (χ1) is 12.5. The first-order valence-corrected chi connectivity index (χ1v) is 7.91. The van der Waals surface area contributed by atoms with E-state index in [1.54, 1.807) is 6.07 Å². The summed E-state index contributed by atoms with van der Waals surface area (Å²) in [6, 6.07) is 16.4. The van der Waals surface area contributed by atoms with Gasteiger partial charge >= 0.3 is 5.97 Å². The molecule has 4 nitrogen and oxygen atoms in total. The third kappa shape index (κ3) is 4.03. The van der Waals surface area contributed by atoms with Crippen LogP contribution in [-0.2, 0) is 20.7 Å². The van der Waals surface area contributed by atoms with Gasteiger partial charge in [-0.15, -0.1) is 0 Å². The molecule has 0 heterocycles. The smallest absolute Gasteiger partial charge is 0.310 e. The highest BCUT2D eigenvalue weighted by Crippen LogP contribution is 2.20. The van der Waals surface area contributed by atoms with Gasteiger partial charge in [0, 0.05) is 0 Å². The summed E-state index contributed by atoms with van der Waals surface area (Å²) in [5.41, 5.74) is 0.205. The normalized spacial score (nSPS) is 10.5. The molecule has 0 radical (unpaired) electrons. The summed E-state index contributed by atoms with van der Waals surface area (Å²) in [4.78, 5) is 23.8. The molecule has 0 saturated heterocycles. The number of carbonyl (C=O) groups excluding carboxylic acids is 2. The van der Waals surface area contributed by atoms with E-state index in [-0.39, 0.29) is 6.42 Å². The van der Waals surface area contributed by atoms with Gasteiger partial charge in [-0.2, -0.15) is 0 Å². The quantitative estimate of drug-likeness (QED) is 0.708. The van der Waals surface area contributed by atoms with Gasteiger partial charge in [0.1, 0.15) is 17.3 Å². The number of amides is 1. The van der Waals surface area contributed by atoms with E-state index in [4.69, 9.17) is 4.74 Å². The highest BCUT2D eigenvalue weighted by molar-refractivity contribution is 5.94. The van der Waals surface area contributed by atoms with E-state index < -0.39 is 35.8 Å². The number of para-hydroxylation sites is 1. The summed E-state index contributed by atoms with van der Waals surface area (Å²) in [6.07, 6.45) is -0.0112. The van der Waals surface area contributed by atoms with E-state index in [9.17, 15) is 18.4 Å². The molecule has 0 spiro atoms. The van der Waals surface area contributed by atoms with Gasteiger partial charge in [-0.25, -0.2) is 8.78 Å². The maximum absolute atomic E-state index is 13.5. The van der Waals surface area contributed by atoms with Crippen molar-refractivity contribution in [3.63, 3.8) is 0 Å². The average molecular weight is 355 g/mol. The maximum atomic E-state index is 13.5. The van der Waals surface area contributed by atoms with E-state index in [2.05, 4.69) is 5.32 Å². The molecule has 0 aliphatic carbocycles.